The van der Waals surface area contributed by atoms with Crippen LogP contribution in [0.2, 0.25) is 0 Å². The summed E-state index contributed by atoms with van der Waals surface area (Å²) in [5.74, 6) is 0. The molecule has 2 rings (SSSR count). The third-order valence-electron chi connectivity index (χ3n) is 3.74. The summed E-state index contributed by atoms with van der Waals surface area (Å²) in [5.41, 5.74) is 6.01. The van der Waals surface area contributed by atoms with Crippen molar-refractivity contribution in [1.29, 1.82) is 0 Å². The van der Waals surface area contributed by atoms with Crippen LogP contribution in [0.5, 0.6) is 0 Å². The molecule has 1 heterocycles. The second-order valence-corrected chi connectivity index (χ2v) is 5.05. The number of rotatable bonds is 3. The topological polar surface area (TPSA) is 32.5 Å². The standard InChI is InChI=1S/C14H20F3N3/c1-2-13(18)20-8-6-19(7-9-20)12-5-3-4-11(10-12)14(15,16)17/h3-5,10,13H,2,6-9,18H2,1H3. The number of alkyl halides is 3. The van der Waals surface area contributed by atoms with Crippen LogP contribution in [0, 0.1) is 0 Å². The second kappa shape index (κ2) is 6.01. The molecule has 1 unspecified atom stereocenters. The van der Waals surface area contributed by atoms with E-state index in [1.807, 2.05) is 11.8 Å². The minimum atomic E-state index is -4.29. The molecule has 0 radical (unpaired) electrons. The Balaban J connectivity index is 2.04. The first-order valence-corrected chi connectivity index (χ1v) is 6.83. The number of hydrogen-bond acceptors (Lipinski definition) is 3. The number of halogens is 3. The molecule has 0 aromatic heterocycles. The zero-order chi connectivity index (χ0) is 14.8. The zero-order valence-electron chi connectivity index (χ0n) is 11.5. The maximum atomic E-state index is 12.7. The molecule has 2 N–H and O–H groups in total. The van der Waals surface area contributed by atoms with Crippen LogP contribution in [-0.2, 0) is 6.18 Å². The number of benzene rings is 1. The number of piperazine rings is 1. The van der Waals surface area contributed by atoms with E-state index in [9.17, 15) is 13.2 Å². The Morgan fingerprint density at radius 2 is 1.85 bits per heavy atom. The van der Waals surface area contributed by atoms with Crippen LogP contribution in [0.15, 0.2) is 24.3 Å². The average Bonchev–Trinajstić information content (AvgIpc) is 2.46. The molecular formula is C14H20F3N3. The van der Waals surface area contributed by atoms with Crippen molar-refractivity contribution in [3.8, 4) is 0 Å². The zero-order valence-corrected chi connectivity index (χ0v) is 11.5. The van der Waals surface area contributed by atoms with Crippen molar-refractivity contribution >= 4 is 5.69 Å². The lowest BCUT2D eigenvalue weighted by Gasteiger charge is -2.38. The monoisotopic (exact) mass is 287 g/mol. The van der Waals surface area contributed by atoms with Crippen molar-refractivity contribution in [2.45, 2.75) is 25.7 Å². The van der Waals surface area contributed by atoms with E-state index >= 15 is 0 Å². The first-order chi connectivity index (χ1) is 9.41. The largest absolute Gasteiger partial charge is 0.416 e. The summed E-state index contributed by atoms with van der Waals surface area (Å²) in [6, 6.07) is 5.51. The molecule has 1 fully saturated rings. The van der Waals surface area contributed by atoms with Gasteiger partial charge in [0.25, 0.3) is 0 Å². The van der Waals surface area contributed by atoms with Crippen LogP contribution in [-0.4, -0.2) is 37.2 Å². The van der Waals surface area contributed by atoms with E-state index in [0.717, 1.165) is 25.6 Å². The number of nitrogens with zero attached hydrogens (tertiary/aromatic N) is 2. The summed E-state index contributed by atoms with van der Waals surface area (Å²) < 4.78 is 38.1. The molecule has 0 spiro atoms. The van der Waals surface area contributed by atoms with E-state index < -0.39 is 11.7 Å². The van der Waals surface area contributed by atoms with Gasteiger partial charge in [-0.2, -0.15) is 13.2 Å². The molecule has 1 saturated heterocycles. The molecule has 0 amide bonds. The fourth-order valence-electron chi connectivity index (χ4n) is 2.45. The maximum Gasteiger partial charge on any atom is 0.416 e. The Morgan fingerprint density at radius 3 is 2.40 bits per heavy atom. The molecule has 1 aliphatic heterocycles. The smallest absolute Gasteiger partial charge is 0.369 e. The Bertz CT molecular complexity index is 440. The normalized spacial score (nSPS) is 19.1. The predicted molar refractivity (Wildman–Crippen MR) is 73.5 cm³/mol. The molecule has 20 heavy (non-hydrogen) atoms. The van der Waals surface area contributed by atoms with Gasteiger partial charge < -0.3 is 10.6 Å². The third-order valence-corrected chi connectivity index (χ3v) is 3.74. The van der Waals surface area contributed by atoms with Crippen LogP contribution in [0.4, 0.5) is 18.9 Å². The minimum Gasteiger partial charge on any atom is -0.369 e. The van der Waals surface area contributed by atoms with Crippen molar-refractivity contribution in [2.75, 3.05) is 31.1 Å². The maximum absolute atomic E-state index is 12.7. The van der Waals surface area contributed by atoms with Gasteiger partial charge in [0, 0.05) is 31.9 Å². The molecule has 3 nitrogen and oxygen atoms in total. The van der Waals surface area contributed by atoms with Gasteiger partial charge in [0.05, 0.1) is 11.7 Å². The molecular weight excluding hydrogens is 267 g/mol. The van der Waals surface area contributed by atoms with Crippen molar-refractivity contribution in [1.82, 2.24) is 4.90 Å². The van der Waals surface area contributed by atoms with Gasteiger partial charge in [-0.1, -0.05) is 13.0 Å². The van der Waals surface area contributed by atoms with Crippen LogP contribution < -0.4 is 10.6 Å². The lowest BCUT2D eigenvalue weighted by atomic mass is 10.1. The van der Waals surface area contributed by atoms with Gasteiger partial charge in [0.2, 0.25) is 0 Å². The molecule has 1 atom stereocenters. The average molecular weight is 287 g/mol. The van der Waals surface area contributed by atoms with Crippen molar-refractivity contribution in [2.24, 2.45) is 5.73 Å². The van der Waals surface area contributed by atoms with Crippen LogP contribution in [0.1, 0.15) is 18.9 Å². The molecule has 0 bridgehead atoms. The van der Waals surface area contributed by atoms with Gasteiger partial charge >= 0.3 is 6.18 Å². The number of anilines is 1. The highest BCUT2D eigenvalue weighted by molar-refractivity contribution is 5.49. The number of hydrogen-bond donors (Lipinski definition) is 1. The molecule has 1 aromatic rings. The van der Waals surface area contributed by atoms with E-state index in [0.29, 0.717) is 18.8 Å². The first-order valence-electron chi connectivity index (χ1n) is 6.83. The Morgan fingerprint density at radius 1 is 1.20 bits per heavy atom. The van der Waals surface area contributed by atoms with Crippen LogP contribution >= 0.6 is 0 Å². The molecule has 6 heteroatoms. The highest BCUT2D eigenvalue weighted by atomic mass is 19.4. The molecule has 0 aliphatic carbocycles. The lowest BCUT2D eigenvalue weighted by molar-refractivity contribution is -0.137. The summed E-state index contributed by atoms with van der Waals surface area (Å²) in [5, 5.41) is 0. The lowest BCUT2D eigenvalue weighted by Crippen LogP contribution is -2.53. The van der Waals surface area contributed by atoms with Crippen molar-refractivity contribution in [3.05, 3.63) is 29.8 Å². The quantitative estimate of drug-likeness (QED) is 0.927. The molecule has 1 aliphatic rings. The molecule has 0 saturated carbocycles. The van der Waals surface area contributed by atoms with Gasteiger partial charge in [0.1, 0.15) is 0 Å². The molecule has 112 valence electrons. The third kappa shape index (κ3) is 3.43. The van der Waals surface area contributed by atoms with E-state index in [-0.39, 0.29) is 6.17 Å². The Kier molecular flexibility index (Phi) is 4.55. The SMILES string of the molecule is CCC(N)N1CCN(c2cccc(C(F)(F)F)c2)CC1. The molecule has 1 aromatic carbocycles. The summed E-state index contributed by atoms with van der Waals surface area (Å²) in [6.07, 6.45) is -3.37. The van der Waals surface area contributed by atoms with Crippen molar-refractivity contribution in [3.63, 3.8) is 0 Å². The highest BCUT2D eigenvalue weighted by Gasteiger charge is 2.31. The minimum absolute atomic E-state index is 0.0404. The number of nitrogens with two attached hydrogens (primary N) is 1. The van der Waals surface area contributed by atoms with Gasteiger partial charge in [-0.25, -0.2) is 0 Å². The van der Waals surface area contributed by atoms with Crippen LogP contribution in [0.3, 0.4) is 0 Å². The van der Waals surface area contributed by atoms with Gasteiger partial charge in [-0.3, -0.25) is 4.90 Å². The van der Waals surface area contributed by atoms with E-state index in [1.54, 1.807) is 6.07 Å². The Hall–Kier alpha value is -1.27. The highest BCUT2D eigenvalue weighted by Crippen LogP contribution is 2.31. The summed E-state index contributed by atoms with van der Waals surface area (Å²) >= 11 is 0. The predicted octanol–water partition coefficient (Wildman–Crippen LogP) is 2.52. The van der Waals surface area contributed by atoms with E-state index in [2.05, 4.69) is 4.90 Å². The van der Waals surface area contributed by atoms with Crippen LogP contribution in [0.25, 0.3) is 0 Å². The van der Waals surface area contributed by atoms with Crippen molar-refractivity contribution < 1.29 is 13.2 Å². The van der Waals surface area contributed by atoms with Gasteiger partial charge in [-0.05, 0) is 24.6 Å². The van der Waals surface area contributed by atoms with Gasteiger partial charge in [0.15, 0.2) is 0 Å². The fraction of sp³-hybridized carbons (Fsp3) is 0.571. The van der Waals surface area contributed by atoms with Gasteiger partial charge in [-0.15, -0.1) is 0 Å². The fourth-order valence-corrected chi connectivity index (χ4v) is 2.45. The first kappa shape index (κ1) is 15.1. The van der Waals surface area contributed by atoms with E-state index in [1.165, 1.54) is 12.1 Å². The Labute approximate surface area is 117 Å². The summed E-state index contributed by atoms with van der Waals surface area (Å²) in [4.78, 5) is 4.15. The van der Waals surface area contributed by atoms with E-state index in [4.69, 9.17) is 5.73 Å². The second-order valence-electron chi connectivity index (χ2n) is 5.05. The summed E-state index contributed by atoms with van der Waals surface area (Å²) in [6.45, 7) is 5.00. The summed E-state index contributed by atoms with van der Waals surface area (Å²) in [7, 11) is 0.